The Balaban J connectivity index is 1.95. The first-order valence-electron chi connectivity index (χ1n) is 6.06. The minimum Gasteiger partial charge on any atom is -0.402 e. The minimum absolute atomic E-state index is 0.277. The van der Waals surface area contributed by atoms with Crippen molar-refractivity contribution in [3.63, 3.8) is 0 Å². The topological polar surface area (TPSA) is 38.7 Å². The fraction of sp³-hybridized carbons (Fsp3) is 0. The molecule has 0 spiro atoms. The molecule has 0 saturated carbocycles. The van der Waals surface area contributed by atoms with E-state index in [4.69, 9.17) is 16.3 Å². The number of halogens is 1. The molecule has 0 N–H and O–H groups in total. The van der Waals surface area contributed by atoms with Crippen LogP contribution in [0.3, 0.4) is 0 Å². The van der Waals surface area contributed by atoms with Crippen LogP contribution in [-0.2, 0) is 9.53 Å². The van der Waals surface area contributed by atoms with Crippen LogP contribution < -0.4 is 0 Å². The summed E-state index contributed by atoms with van der Waals surface area (Å²) in [6.45, 7) is 0. The standard InChI is InChI=1S/C16H10ClNO2/c17-13-8-4-7-12(10-13)15-18-14(16(19)20-15)9-11-5-2-1-3-6-11/h1-10H/b14-9+. The van der Waals surface area contributed by atoms with Crippen molar-refractivity contribution in [1.82, 2.24) is 0 Å². The Morgan fingerprint density at radius 1 is 1.05 bits per heavy atom. The predicted molar refractivity (Wildman–Crippen MR) is 78.5 cm³/mol. The van der Waals surface area contributed by atoms with Gasteiger partial charge in [-0.15, -0.1) is 0 Å². The molecule has 20 heavy (non-hydrogen) atoms. The summed E-state index contributed by atoms with van der Waals surface area (Å²) in [5.74, 6) is -0.177. The van der Waals surface area contributed by atoms with Gasteiger partial charge in [0.1, 0.15) is 0 Å². The number of benzene rings is 2. The van der Waals surface area contributed by atoms with Crippen molar-refractivity contribution in [1.29, 1.82) is 0 Å². The number of cyclic esters (lactones) is 1. The van der Waals surface area contributed by atoms with Crippen LogP contribution in [0.5, 0.6) is 0 Å². The highest BCUT2D eigenvalue weighted by atomic mass is 35.5. The Bertz CT molecular complexity index is 720. The van der Waals surface area contributed by atoms with Crippen molar-refractivity contribution >= 4 is 29.5 Å². The van der Waals surface area contributed by atoms with Gasteiger partial charge in [-0.3, -0.25) is 0 Å². The van der Waals surface area contributed by atoms with Gasteiger partial charge in [-0.1, -0.05) is 48.0 Å². The molecule has 3 nitrogen and oxygen atoms in total. The maximum absolute atomic E-state index is 11.8. The molecule has 0 bridgehead atoms. The Morgan fingerprint density at radius 3 is 2.60 bits per heavy atom. The highest BCUT2D eigenvalue weighted by Crippen LogP contribution is 2.20. The SMILES string of the molecule is O=C1OC(c2cccc(Cl)c2)=N/C1=C/c1ccccc1. The van der Waals surface area contributed by atoms with Crippen molar-refractivity contribution < 1.29 is 9.53 Å². The summed E-state index contributed by atoms with van der Waals surface area (Å²) < 4.78 is 5.17. The predicted octanol–water partition coefficient (Wildman–Crippen LogP) is 3.68. The Hall–Kier alpha value is -2.39. The fourth-order valence-electron chi connectivity index (χ4n) is 1.86. The molecule has 0 amide bonds. The molecule has 0 fully saturated rings. The first kappa shape index (κ1) is 12.6. The first-order chi connectivity index (χ1) is 9.72. The summed E-state index contributed by atoms with van der Waals surface area (Å²) in [6, 6.07) is 16.5. The fourth-order valence-corrected chi connectivity index (χ4v) is 2.05. The highest BCUT2D eigenvalue weighted by molar-refractivity contribution is 6.31. The van der Waals surface area contributed by atoms with Crippen LogP contribution in [-0.4, -0.2) is 11.9 Å². The number of hydrogen-bond acceptors (Lipinski definition) is 3. The van der Waals surface area contributed by atoms with E-state index in [-0.39, 0.29) is 11.6 Å². The number of carbonyl (C=O) groups is 1. The van der Waals surface area contributed by atoms with Crippen LogP contribution in [0, 0.1) is 0 Å². The van der Waals surface area contributed by atoms with Crippen molar-refractivity contribution in [2.45, 2.75) is 0 Å². The van der Waals surface area contributed by atoms with Crippen LogP contribution in [0.1, 0.15) is 11.1 Å². The van der Waals surface area contributed by atoms with Gasteiger partial charge in [0, 0.05) is 10.6 Å². The van der Waals surface area contributed by atoms with E-state index in [2.05, 4.69) is 4.99 Å². The van der Waals surface area contributed by atoms with Gasteiger partial charge in [0.25, 0.3) is 0 Å². The van der Waals surface area contributed by atoms with Crippen molar-refractivity contribution in [2.24, 2.45) is 4.99 Å². The number of ether oxygens (including phenoxy) is 1. The maximum Gasteiger partial charge on any atom is 0.363 e. The Morgan fingerprint density at radius 2 is 1.85 bits per heavy atom. The van der Waals surface area contributed by atoms with Crippen LogP contribution in [0.2, 0.25) is 5.02 Å². The van der Waals surface area contributed by atoms with Crippen LogP contribution in [0.15, 0.2) is 65.3 Å². The number of hydrogen-bond donors (Lipinski definition) is 0. The monoisotopic (exact) mass is 283 g/mol. The maximum atomic E-state index is 11.8. The molecule has 0 atom stereocenters. The van der Waals surface area contributed by atoms with Crippen LogP contribution in [0.25, 0.3) is 6.08 Å². The van der Waals surface area contributed by atoms with E-state index in [1.165, 1.54) is 0 Å². The smallest absolute Gasteiger partial charge is 0.363 e. The van der Waals surface area contributed by atoms with Gasteiger partial charge in [-0.05, 0) is 29.8 Å². The van der Waals surface area contributed by atoms with E-state index < -0.39 is 5.97 Å². The molecule has 98 valence electrons. The van der Waals surface area contributed by atoms with Gasteiger partial charge in [-0.25, -0.2) is 9.79 Å². The zero-order chi connectivity index (χ0) is 13.9. The number of nitrogens with zero attached hydrogens (tertiary/aromatic N) is 1. The number of esters is 1. The lowest BCUT2D eigenvalue weighted by Gasteiger charge is -1.98. The van der Waals surface area contributed by atoms with Crippen molar-refractivity contribution in [3.8, 4) is 0 Å². The second kappa shape index (κ2) is 5.31. The summed E-state index contributed by atoms with van der Waals surface area (Å²) in [5.41, 5.74) is 1.86. The molecular formula is C16H10ClNO2. The second-order valence-electron chi connectivity index (χ2n) is 4.26. The molecular weight excluding hydrogens is 274 g/mol. The third-order valence-electron chi connectivity index (χ3n) is 2.80. The van der Waals surface area contributed by atoms with E-state index in [1.807, 2.05) is 30.3 Å². The molecule has 1 heterocycles. The molecule has 1 aliphatic heterocycles. The molecule has 1 aliphatic rings. The molecule has 0 aliphatic carbocycles. The van der Waals surface area contributed by atoms with Gasteiger partial charge < -0.3 is 4.74 Å². The Labute approximate surface area is 121 Å². The minimum atomic E-state index is -0.455. The number of rotatable bonds is 2. The molecule has 0 unspecified atom stereocenters. The van der Waals surface area contributed by atoms with E-state index in [0.29, 0.717) is 10.6 Å². The molecule has 4 heteroatoms. The lowest BCUT2D eigenvalue weighted by atomic mass is 10.2. The van der Waals surface area contributed by atoms with E-state index in [1.54, 1.807) is 30.3 Å². The van der Waals surface area contributed by atoms with E-state index in [9.17, 15) is 4.79 Å². The van der Waals surface area contributed by atoms with Crippen molar-refractivity contribution in [2.75, 3.05) is 0 Å². The first-order valence-corrected chi connectivity index (χ1v) is 6.44. The number of aliphatic imine (C=N–C) groups is 1. The van der Waals surface area contributed by atoms with Gasteiger partial charge in [0.05, 0.1) is 0 Å². The molecule has 2 aromatic carbocycles. The van der Waals surface area contributed by atoms with Crippen LogP contribution >= 0.6 is 11.6 Å². The summed E-state index contributed by atoms with van der Waals surface area (Å²) >= 11 is 5.92. The summed E-state index contributed by atoms with van der Waals surface area (Å²) in [4.78, 5) is 16.0. The van der Waals surface area contributed by atoms with Gasteiger partial charge >= 0.3 is 5.97 Å². The zero-order valence-electron chi connectivity index (χ0n) is 10.4. The summed E-state index contributed by atoms with van der Waals surface area (Å²) in [7, 11) is 0. The van der Waals surface area contributed by atoms with E-state index in [0.717, 1.165) is 5.56 Å². The average molecular weight is 284 g/mol. The van der Waals surface area contributed by atoms with Gasteiger partial charge in [-0.2, -0.15) is 0 Å². The molecule has 3 rings (SSSR count). The van der Waals surface area contributed by atoms with Gasteiger partial charge in [0.2, 0.25) is 5.90 Å². The molecule has 0 radical (unpaired) electrons. The third kappa shape index (κ3) is 2.63. The normalized spacial score (nSPS) is 16.1. The molecule has 0 saturated heterocycles. The van der Waals surface area contributed by atoms with E-state index >= 15 is 0 Å². The molecule has 0 aromatic heterocycles. The second-order valence-corrected chi connectivity index (χ2v) is 4.69. The van der Waals surface area contributed by atoms with Crippen LogP contribution in [0.4, 0.5) is 0 Å². The van der Waals surface area contributed by atoms with Crippen molar-refractivity contribution in [3.05, 3.63) is 76.4 Å². The number of carbonyl (C=O) groups excluding carboxylic acids is 1. The zero-order valence-corrected chi connectivity index (χ0v) is 11.2. The van der Waals surface area contributed by atoms with Gasteiger partial charge in [0.15, 0.2) is 5.70 Å². The Kier molecular flexibility index (Phi) is 3.35. The lowest BCUT2D eigenvalue weighted by molar-refractivity contribution is -0.129. The lowest BCUT2D eigenvalue weighted by Crippen LogP contribution is -2.05. The largest absolute Gasteiger partial charge is 0.402 e. The quantitative estimate of drug-likeness (QED) is 0.623. The summed E-state index contributed by atoms with van der Waals surface area (Å²) in [6.07, 6.45) is 1.69. The third-order valence-corrected chi connectivity index (χ3v) is 3.03. The highest BCUT2D eigenvalue weighted by Gasteiger charge is 2.24. The average Bonchev–Trinajstić information content (AvgIpc) is 2.81. The molecule has 2 aromatic rings. The summed E-state index contributed by atoms with van der Waals surface area (Å²) in [5, 5.41) is 0.571.